The molecule has 5 heteroatoms. The van der Waals surface area contributed by atoms with Gasteiger partial charge in [0.1, 0.15) is 5.82 Å². The Bertz CT molecular complexity index is 352. The van der Waals surface area contributed by atoms with Crippen LogP contribution >= 0.6 is 0 Å². The molecule has 0 aliphatic heterocycles. The van der Waals surface area contributed by atoms with Crippen molar-refractivity contribution in [3.63, 3.8) is 0 Å². The maximum Gasteiger partial charge on any atom is 0.277 e. The van der Waals surface area contributed by atoms with Gasteiger partial charge in [0.05, 0.1) is 10.5 Å². The summed E-state index contributed by atoms with van der Waals surface area (Å²) >= 11 is 0. The highest BCUT2D eigenvalue weighted by Crippen LogP contribution is 2.22. The van der Waals surface area contributed by atoms with Gasteiger partial charge in [0, 0.05) is 12.6 Å². The van der Waals surface area contributed by atoms with Crippen LogP contribution in [0.1, 0.15) is 11.1 Å². The van der Waals surface area contributed by atoms with Crippen molar-refractivity contribution in [2.75, 3.05) is 0 Å². The van der Waals surface area contributed by atoms with Crippen molar-refractivity contribution >= 4 is 5.69 Å². The van der Waals surface area contributed by atoms with Crippen molar-refractivity contribution in [2.24, 2.45) is 5.73 Å². The van der Waals surface area contributed by atoms with Gasteiger partial charge < -0.3 is 5.73 Å². The monoisotopic (exact) mass is 184 g/mol. The van der Waals surface area contributed by atoms with Gasteiger partial charge in [-0.3, -0.25) is 10.1 Å². The first-order valence-corrected chi connectivity index (χ1v) is 3.69. The second-order valence-corrected chi connectivity index (χ2v) is 2.71. The highest BCUT2D eigenvalue weighted by Gasteiger charge is 2.17. The molecule has 1 aromatic rings. The zero-order valence-electron chi connectivity index (χ0n) is 7.08. The van der Waals surface area contributed by atoms with Crippen LogP contribution < -0.4 is 5.73 Å². The molecule has 0 unspecified atom stereocenters. The van der Waals surface area contributed by atoms with Gasteiger partial charge in [-0.2, -0.15) is 0 Å². The first kappa shape index (κ1) is 9.60. The topological polar surface area (TPSA) is 69.2 Å². The molecule has 0 aromatic heterocycles. The molecule has 0 spiro atoms. The average Bonchev–Trinajstić information content (AvgIpc) is 2.02. The van der Waals surface area contributed by atoms with Crippen molar-refractivity contribution < 1.29 is 9.31 Å². The molecule has 1 rings (SSSR count). The maximum atomic E-state index is 13.1. The van der Waals surface area contributed by atoms with Crippen LogP contribution in [0.3, 0.4) is 0 Å². The Kier molecular flexibility index (Phi) is 2.57. The molecular weight excluding hydrogens is 175 g/mol. The number of nitro groups is 1. The minimum absolute atomic E-state index is 0.0457. The fourth-order valence-electron chi connectivity index (χ4n) is 1.12. The summed E-state index contributed by atoms with van der Waals surface area (Å²) in [5, 5.41) is 10.5. The van der Waals surface area contributed by atoms with Gasteiger partial charge in [-0.05, 0) is 18.6 Å². The molecule has 4 nitrogen and oxygen atoms in total. The summed E-state index contributed by atoms with van der Waals surface area (Å²) in [5.41, 5.74) is 5.41. The fourth-order valence-corrected chi connectivity index (χ4v) is 1.12. The van der Waals surface area contributed by atoms with E-state index >= 15 is 0 Å². The van der Waals surface area contributed by atoms with E-state index in [0.717, 1.165) is 0 Å². The number of benzene rings is 1. The van der Waals surface area contributed by atoms with E-state index in [-0.39, 0.29) is 17.8 Å². The van der Waals surface area contributed by atoms with E-state index in [1.165, 1.54) is 12.1 Å². The molecule has 2 N–H and O–H groups in total. The third-order valence-corrected chi connectivity index (χ3v) is 1.72. The van der Waals surface area contributed by atoms with Crippen molar-refractivity contribution in [1.29, 1.82) is 0 Å². The molecule has 0 aliphatic rings. The van der Waals surface area contributed by atoms with Gasteiger partial charge in [-0.1, -0.05) is 0 Å². The summed E-state index contributed by atoms with van der Waals surface area (Å²) in [4.78, 5) is 9.84. The SMILES string of the molecule is Cc1cc(F)c(CN)c([N+](=O)[O-])c1. The minimum atomic E-state index is -0.627. The second-order valence-electron chi connectivity index (χ2n) is 2.71. The lowest BCUT2D eigenvalue weighted by Crippen LogP contribution is -2.05. The Morgan fingerprint density at radius 1 is 1.62 bits per heavy atom. The first-order valence-electron chi connectivity index (χ1n) is 3.69. The van der Waals surface area contributed by atoms with Gasteiger partial charge in [-0.15, -0.1) is 0 Å². The molecule has 13 heavy (non-hydrogen) atoms. The molecule has 0 heterocycles. The highest BCUT2D eigenvalue weighted by atomic mass is 19.1. The maximum absolute atomic E-state index is 13.1. The fraction of sp³-hybridized carbons (Fsp3) is 0.250. The van der Waals surface area contributed by atoms with Crippen LogP contribution in [0.25, 0.3) is 0 Å². The Hall–Kier alpha value is -1.49. The zero-order chi connectivity index (χ0) is 10.0. The van der Waals surface area contributed by atoms with E-state index in [1.807, 2.05) is 0 Å². The second kappa shape index (κ2) is 3.49. The number of rotatable bonds is 2. The smallest absolute Gasteiger partial charge is 0.277 e. The molecule has 1 aromatic carbocycles. The number of halogens is 1. The molecular formula is C8H9FN2O2. The number of hydrogen-bond donors (Lipinski definition) is 1. The van der Waals surface area contributed by atoms with Crippen LogP contribution in [0.15, 0.2) is 12.1 Å². The van der Waals surface area contributed by atoms with Crippen LogP contribution in [0.2, 0.25) is 0 Å². The Balaban J connectivity index is 3.38. The normalized spacial score (nSPS) is 10.1. The van der Waals surface area contributed by atoms with Crippen LogP contribution in [-0.4, -0.2) is 4.92 Å². The molecule has 0 aliphatic carbocycles. The number of hydrogen-bond acceptors (Lipinski definition) is 3. The van der Waals surface area contributed by atoms with Crippen LogP contribution in [0.4, 0.5) is 10.1 Å². The molecule has 0 amide bonds. The highest BCUT2D eigenvalue weighted by molar-refractivity contribution is 5.43. The Morgan fingerprint density at radius 3 is 2.69 bits per heavy atom. The summed E-state index contributed by atoms with van der Waals surface area (Å²) in [7, 11) is 0. The first-order chi connectivity index (χ1) is 6.06. The molecule has 0 fully saturated rings. The lowest BCUT2D eigenvalue weighted by molar-refractivity contribution is -0.385. The van der Waals surface area contributed by atoms with Crippen LogP contribution in [0.5, 0.6) is 0 Å². The summed E-state index contributed by atoms with van der Waals surface area (Å²) in [5.74, 6) is -0.616. The van der Waals surface area contributed by atoms with Crippen LogP contribution in [-0.2, 0) is 6.54 Å². The zero-order valence-corrected chi connectivity index (χ0v) is 7.08. The third-order valence-electron chi connectivity index (χ3n) is 1.72. The third kappa shape index (κ3) is 1.81. The van der Waals surface area contributed by atoms with E-state index < -0.39 is 10.7 Å². The Morgan fingerprint density at radius 2 is 2.23 bits per heavy atom. The Labute approximate surface area is 74.3 Å². The van der Waals surface area contributed by atoms with E-state index in [1.54, 1.807) is 6.92 Å². The van der Waals surface area contributed by atoms with Gasteiger partial charge in [0.25, 0.3) is 5.69 Å². The largest absolute Gasteiger partial charge is 0.326 e. The van der Waals surface area contributed by atoms with Gasteiger partial charge >= 0.3 is 0 Å². The van der Waals surface area contributed by atoms with Crippen molar-refractivity contribution in [1.82, 2.24) is 0 Å². The lowest BCUT2D eigenvalue weighted by atomic mass is 10.1. The quantitative estimate of drug-likeness (QED) is 0.559. The summed E-state index contributed by atoms with van der Waals surface area (Å²) in [6.07, 6.45) is 0. The summed E-state index contributed by atoms with van der Waals surface area (Å²) in [6.45, 7) is 1.43. The van der Waals surface area contributed by atoms with Gasteiger partial charge in [0.15, 0.2) is 0 Å². The molecule has 0 bridgehead atoms. The molecule has 0 radical (unpaired) electrons. The molecule has 0 saturated heterocycles. The summed E-state index contributed by atoms with van der Waals surface area (Å²) < 4.78 is 13.1. The number of nitrogens with two attached hydrogens (primary N) is 1. The van der Waals surface area contributed by atoms with E-state index in [9.17, 15) is 14.5 Å². The lowest BCUT2D eigenvalue weighted by Gasteiger charge is -2.02. The number of aryl methyl sites for hydroxylation is 1. The van der Waals surface area contributed by atoms with Crippen molar-refractivity contribution in [3.05, 3.63) is 39.2 Å². The van der Waals surface area contributed by atoms with E-state index in [4.69, 9.17) is 5.73 Å². The number of nitrogens with zero attached hydrogens (tertiary/aromatic N) is 1. The molecule has 0 atom stereocenters. The molecule has 70 valence electrons. The predicted octanol–water partition coefficient (Wildman–Crippen LogP) is 1.50. The predicted molar refractivity (Wildman–Crippen MR) is 45.7 cm³/mol. The minimum Gasteiger partial charge on any atom is -0.326 e. The molecule has 0 saturated carbocycles. The number of nitro benzene ring substituents is 1. The standard InChI is InChI=1S/C8H9FN2O2/c1-5-2-7(9)6(4-10)8(3-5)11(12)13/h2-3H,4,10H2,1H3. The van der Waals surface area contributed by atoms with Crippen molar-refractivity contribution in [3.8, 4) is 0 Å². The van der Waals surface area contributed by atoms with E-state index in [0.29, 0.717) is 5.56 Å². The van der Waals surface area contributed by atoms with Crippen molar-refractivity contribution in [2.45, 2.75) is 13.5 Å². The van der Waals surface area contributed by atoms with Crippen LogP contribution in [0, 0.1) is 22.9 Å². The summed E-state index contributed by atoms with van der Waals surface area (Å²) in [6, 6.07) is 2.54. The van der Waals surface area contributed by atoms with Gasteiger partial charge in [-0.25, -0.2) is 4.39 Å². The van der Waals surface area contributed by atoms with E-state index in [2.05, 4.69) is 0 Å². The average molecular weight is 184 g/mol. The van der Waals surface area contributed by atoms with Gasteiger partial charge in [0.2, 0.25) is 0 Å².